The second-order valence-corrected chi connectivity index (χ2v) is 9.58. The van der Waals surface area contributed by atoms with Crippen LogP contribution in [0.1, 0.15) is 25.3 Å². The molecule has 0 unspecified atom stereocenters. The molecule has 3 fully saturated rings. The van der Waals surface area contributed by atoms with Crippen molar-refractivity contribution in [3.05, 3.63) is 29.6 Å². The third kappa shape index (κ3) is 2.66. The monoisotopic (exact) mass is 382 g/mol. The number of halogens is 1. The number of nitrogens with one attached hydrogen (secondary N) is 1. The number of ether oxygens (including phenoxy) is 1. The lowest BCUT2D eigenvalue weighted by Gasteiger charge is -2.29. The SMILES string of the molecule is CC(=O)NC[C@H]1[C@H]2CN(S(=O)(=O)c3cc(F)ccc3C)C[C@]23CC[C@H]1O3. The molecule has 4 atom stereocenters. The zero-order valence-corrected chi connectivity index (χ0v) is 15.7. The fraction of sp³-hybridized carbons (Fsp3) is 0.611. The number of hydrogen-bond acceptors (Lipinski definition) is 4. The normalized spacial score (nSPS) is 33.4. The minimum atomic E-state index is -3.79. The van der Waals surface area contributed by atoms with Gasteiger partial charge in [0, 0.05) is 38.4 Å². The molecule has 3 aliphatic rings. The summed E-state index contributed by atoms with van der Waals surface area (Å²) in [5.41, 5.74) is 0.0585. The van der Waals surface area contributed by atoms with Crippen LogP contribution < -0.4 is 5.32 Å². The second kappa shape index (κ2) is 6.00. The summed E-state index contributed by atoms with van der Waals surface area (Å²) < 4.78 is 47.5. The van der Waals surface area contributed by atoms with Gasteiger partial charge in [-0.25, -0.2) is 12.8 Å². The van der Waals surface area contributed by atoms with Gasteiger partial charge in [-0.05, 0) is 37.5 Å². The van der Waals surface area contributed by atoms with Crippen molar-refractivity contribution in [1.82, 2.24) is 9.62 Å². The first-order valence-corrected chi connectivity index (χ1v) is 10.4. The highest BCUT2D eigenvalue weighted by Gasteiger charge is 2.64. The number of sulfonamides is 1. The summed E-state index contributed by atoms with van der Waals surface area (Å²) in [7, 11) is -3.79. The van der Waals surface area contributed by atoms with E-state index in [2.05, 4.69) is 5.32 Å². The van der Waals surface area contributed by atoms with Crippen molar-refractivity contribution in [2.45, 2.75) is 43.3 Å². The number of amides is 1. The lowest BCUT2D eigenvalue weighted by atomic mass is 9.73. The number of aryl methyl sites for hydroxylation is 1. The van der Waals surface area contributed by atoms with Gasteiger partial charge in [-0.2, -0.15) is 4.31 Å². The molecule has 1 N–H and O–H groups in total. The molecule has 1 aromatic rings. The Morgan fingerprint density at radius 2 is 2.23 bits per heavy atom. The van der Waals surface area contributed by atoms with Gasteiger partial charge in [0.1, 0.15) is 5.82 Å². The largest absolute Gasteiger partial charge is 0.370 e. The summed E-state index contributed by atoms with van der Waals surface area (Å²) in [6, 6.07) is 3.84. The predicted molar refractivity (Wildman–Crippen MR) is 92.4 cm³/mol. The molecule has 0 saturated carbocycles. The van der Waals surface area contributed by atoms with E-state index in [4.69, 9.17) is 4.74 Å². The van der Waals surface area contributed by atoms with Crippen molar-refractivity contribution in [2.75, 3.05) is 19.6 Å². The van der Waals surface area contributed by atoms with Crippen molar-refractivity contribution in [3.63, 3.8) is 0 Å². The van der Waals surface area contributed by atoms with Crippen LogP contribution in [0.3, 0.4) is 0 Å². The first-order chi connectivity index (χ1) is 12.2. The first-order valence-electron chi connectivity index (χ1n) is 8.91. The number of carbonyl (C=O) groups excluding carboxylic acids is 1. The van der Waals surface area contributed by atoms with Crippen LogP contribution in [-0.2, 0) is 19.6 Å². The topological polar surface area (TPSA) is 75.7 Å². The van der Waals surface area contributed by atoms with E-state index in [0.717, 1.165) is 18.9 Å². The van der Waals surface area contributed by atoms with Gasteiger partial charge < -0.3 is 10.1 Å². The van der Waals surface area contributed by atoms with E-state index < -0.39 is 21.4 Å². The Morgan fingerprint density at radius 1 is 1.46 bits per heavy atom. The minimum Gasteiger partial charge on any atom is -0.370 e. The predicted octanol–water partition coefficient (Wildman–Crippen LogP) is 1.44. The maximum Gasteiger partial charge on any atom is 0.243 e. The van der Waals surface area contributed by atoms with E-state index in [9.17, 15) is 17.6 Å². The second-order valence-electron chi connectivity index (χ2n) is 7.67. The molecule has 1 amide bonds. The highest BCUT2D eigenvalue weighted by atomic mass is 32.2. The van der Waals surface area contributed by atoms with Crippen LogP contribution in [0.15, 0.2) is 23.1 Å². The fourth-order valence-electron chi connectivity index (χ4n) is 4.86. The number of nitrogens with zero attached hydrogens (tertiary/aromatic N) is 1. The van der Waals surface area contributed by atoms with Gasteiger partial charge in [-0.3, -0.25) is 4.79 Å². The van der Waals surface area contributed by atoms with Crippen molar-refractivity contribution in [3.8, 4) is 0 Å². The summed E-state index contributed by atoms with van der Waals surface area (Å²) in [6.07, 6.45) is 1.79. The highest BCUT2D eigenvalue weighted by molar-refractivity contribution is 7.89. The Labute approximate surface area is 152 Å². The van der Waals surface area contributed by atoms with E-state index in [0.29, 0.717) is 25.2 Å². The molecule has 26 heavy (non-hydrogen) atoms. The molecule has 142 valence electrons. The number of rotatable bonds is 4. The molecule has 6 nitrogen and oxygen atoms in total. The summed E-state index contributed by atoms with van der Waals surface area (Å²) in [5, 5.41) is 2.85. The van der Waals surface area contributed by atoms with Crippen LogP contribution in [0, 0.1) is 24.6 Å². The molecule has 1 spiro atoms. The number of carbonyl (C=O) groups is 1. The minimum absolute atomic E-state index is 0.0156. The first kappa shape index (κ1) is 17.9. The van der Waals surface area contributed by atoms with Crippen molar-refractivity contribution in [1.29, 1.82) is 0 Å². The number of hydrogen-bond donors (Lipinski definition) is 1. The zero-order chi connectivity index (χ0) is 18.7. The molecule has 0 aromatic heterocycles. The van der Waals surface area contributed by atoms with Crippen molar-refractivity contribution in [2.24, 2.45) is 11.8 Å². The van der Waals surface area contributed by atoms with Crippen LogP contribution in [-0.4, -0.2) is 50.0 Å². The summed E-state index contributed by atoms with van der Waals surface area (Å²) in [4.78, 5) is 11.3. The Hall–Kier alpha value is -1.51. The van der Waals surface area contributed by atoms with Gasteiger partial charge >= 0.3 is 0 Å². The summed E-state index contributed by atoms with van der Waals surface area (Å²) in [6.45, 7) is 4.28. The summed E-state index contributed by atoms with van der Waals surface area (Å²) >= 11 is 0. The van der Waals surface area contributed by atoms with Crippen molar-refractivity contribution >= 4 is 15.9 Å². The van der Waals surface area contributed by atoms with Gasteiger partial charge in [-0.15, -0.1) is 0 Å². The molecule has 2 bridgehead atoms. The van der Waals surface area contributed by atoms with Crippen LogP contribution >= 0.6 is 0 Å². The maximum absolute atomic E-state index is 13.6. The van der Waals surface area contributed by atoms with Gasteiger partial charge in [0.25, 0.3) is 0 Å². The smallest absolute Gasteiger partial charge is 0.243 e. The van der Waals surface area contributed by atoms with Crippen LogP contribution in [0.25, 0.3) is 0 Å². The Kier molecular flexibility index (Phi) is 4.13. The molecule has 3 heterocycles. The zero-order valence-electron chi connectivity index (χ0n) is 14.9. The molecule has 1 aromatic carbocycles. The average molecular weight is 382 g/mol. The van der Waals surface area contributed by atoms with Crippen LogP contribution in [0.2, 0.25) is 0 Å². The summed E-state index contributed by atoms with van der Waals surface area (Å²) in [5.74, 6) is -0.495. The van der Waals surface area contributed by atoms with Gasteiger partial charge in [0.2, 0.25) is 15.9 Å². The molecular weight excluding hydrogens is 359 g/mol. The molecule has 0 aliphatic carbocycles. The van der Waals surface area contributed by atoms with Crippen LogP contribution in [0.5, 0.6) is 0 Å². The van der Waals surface area contributed by atoms with Crippen LogP contribution in [0.4, 0.5) is 4.39 Å². The van der Waals surface area contributed by atoms with Gasteiger partial charge in [-0.1, -0.05) is 6.07 Å². The van der Waals surface area contributed by atoms with Gasteiger partial charge in [0.15, 0.2) is 0 Å². The Bertz CT molecular complexity index is 859. The lowest BCUT2D eigenvalue weighted by Crippen LogP contribution is -2.41. The van der Waals surface area contributed by atoms with E-state index >= 15 is 0 Å². The molecule has 8 heteroatoms. The van der Waals surface area contributed by atoms with E-state index in [1.165, 1.54) is 23.4 Å². The van der Waals surface area contributed by atoms with Crippen molar-refractivity contribution < 1.29 is 22.3 Å². The Balaban J connectivity index is 1.61. The molecule has 4 rings (SSSR count). The molecule has 0 radical (unpaired) electrons. The third-order valence-electron chi connectivity index (χ3n) is 6.11. The third-order valence-corrected chi connectivity index (χ3v) is 8.06. The Morgan fingerprint density at radius 3 is 2.96 bits per heavy atom. The van der Waals surface area contributed by atoms with Gasteiger partial charge in [0.05, 0.1) is 16.6 Å². The fourth-order valence-corrected chi connectivity index (χ4v) is 6.62. The molecule has 3 saturated heterocycles. The maximum atomic E-state index is 13.6. The number of fused-ring (bicyclic) bond motifs is 1. The highest BCUT2D eigenvalue weighted by Crippen LogP contribution is 2.55. The lowest BCUT2D eigenvalue weighted by molar-refractivity contribution is -0.119. The number of benzene rings is 1. The molecular formula is C18H23FN2O4S. The standard InChI is InChI=1S/C18H23FN2O4S/c1-11-3-4-13(19)7-17(11)26(23,24)21-9-15-14(8-20-12(2)22)16-5-6-18(15,10-21)25-16/h3-4,7,14-16H,5-6,8-10H2,1-2H3,(H,20,22)/t14-,15+,16+,18+/m0/s1. The van der Waals surface area contributed by atoms with E-state index in [-0.39, 0.29) is 28.7 Å². The average Bonchev–Trinajstić information content (AvgIpc) is 3.23. The van der Waals surface area contributed by atoms with E-state index in [1.807, 2.05) is 0 Å². The quantitative estimate of drug-likeness (QED) is 0.855. The van der Waals surface area contributed by atoms with E-state index in [1.54, 1.807) is 6.92 Å². The molecule has 3 aliphatic heterocycles.